The van der Waals surface area contributed by atoms with Gasteiger partial charge in [0.05, 0.1) is 27.7 Å². The molecule has 0 radical (unpaired) electrons. The maximum absolute atomic E-state index is 12.7. The fraction of sp³-hybridized carbons (Fsp3) is 0.300. The predicted molar refractivity (Wildman–Crippen MR) is 118 cm³/mol. The van der Waals surface area contributed by atoms with Gasteiger partial charge in [-0.05, 0) is 43.7 Å². The van der Waals surface area contributed by atoms with Crippen LogP contribution in [-0.2, 0) is 9.73 Å². The molecule has 1 aromatic carbocycles. The Balaban J connectivity index is 1.51. The van der Waals surface area contributed by atoms with E-state index in [1.165, 1.54) is 23.3 Å². The summed E-state index contributed by atoms with van der Waals surface area (Å²) in [6.07, 6.45) is -1.28. The predicted octanol–water partition coefficient (Wildman–Crippen LogP) is 4.21. The number of aromatic nitrogens is 4. The first-order valence-electron chi connectivity index (χ1n) is 9.97. The van der Waals surface area contributed by atoms with Crippen LogP contribution in [0.2, 0.25) is 5.02 Å². The van der Waals surface area contributed by atoms with Gasteiger partial charge < -0.3 is 10.1 Å². The molecule has 1 aliphatic rings. The molecule has 3 aromatic rings. The number of carbonyl (C=O) groups excluding carboxylic acids is 1. The largest absolute Gasteiger partial charge is 0.573 e. The highest BCUT2D eigenvalue weighted by atomic mass is 35.5. The van der Waals surface area contributed by atoms with E-state index in [9.17, 15) is 22.2 Å². The maximum atomic E-state index is 12.7. The number of ether oxygens (including phenoxy) is 1. The summed E-state index contributed by atoms with van der Waals surface area (Å²) in [4.78, 5) is 21.1. The van der Waals surface area contributed by atoms with E-state index in [1.54, 1.807) is 19.1 Å². The molecule has 3 heterocycles. The monoisotopic (exact) mass is 514 g/mol. The van der Waals surface area contributed by atoms with E-state index in [0.29, 0.717) is 28.8 Å². The van der Waals surface area contributed by atoms with Crippen LogP contribution in [0.3, 0.4) is 0 Å². The number of hydrogen-bond acceptors (Lipinski definition) is 7. The van der Waals surface area contributed by atoms with Crippen LogP contribution in [0.5, 0.6) is 5.75 Å². The molecule has 0 saturated carbocycles. The zero-order chi connectivity index (χ0) is 24.5. The highest BCUT2D eigenvalue weighted by Gasteiger charge is 2.31. The second kappa shape index (κ2) is 9.22. The Morgan fingerprint density at radius 2 is 2.03 bits per heavy atom. The summed E-state index contributed by atoms with van der Waals surface area (Å²) in [5, 5.41) is 6.67. The van der Waals surface area contributed by atoms with Crippen LogP contribution in [0.25, 0.3) is 5.82 Å². The summed E-state index contributed by atoms with van der Waals surface area (Å²) >= 11 is 5.84. The van der Waals surface area contributed by atoms with E-state index in [-0.39, 0.29) is 10.6 Å². The number of nitrogens with zero attached hydrogens (tertiary/aromatic N) is 5. The van der Waals surface area contributed by atoms with E-state index in [1.807, 2.05) is 0 Å². The third-order valence-corrected chi connectivity index (χ3v) is 7.44. The lowest BCUT2D eigenvalue weighted by molar-refractivity contribution is -0.274. The Hall–Kier alpha value is -3.19. The van der Waals surface area contributed by atoms with Gasteiger partial charge in [0.1, 0.15) is 12.1 Å². The molecule has 0 unspecified atom stereocenters. The van der Waals surface area contributed by atoms with Crippen LogP contribution in [0.4, 0.5) is 18.9 Å². The minimum Gasteiger partial charge on any atom is -0.406 e. The van der Waals surface area contributed by atoms with E-state index < -0.39 is 33.8 Å². The lowest BCUT2D eigenvalue weighted by Crippen LogP contribution is -2.29. The van der Waals surface area contributed by atoms with Gasteiger partial charge in [-0.2, -0.15) is 14.1 Å². The Labute approximate surface area is 197 Å². The maximum Gasteiger partial charge on any atom is 0.573 e. The smallest absolute Gasteiger partial charge is 0.406 e. The molecule has 0 aliphatic carbocycles. The third-order valence-electron chi connectivity index (χ3n) is 4.82. The Morgan fingerprint density at radius 1 is 1.26 bits per heavy atom. The zero-order valence-corrected chi connectivity index (χ0v) is 19.2. The molecule has 14 heteroatoms. The second-order valence-corrected chi connectivity index (χ2v) is 10.4. The standard InChI is InChI=1S/C20H18ClF3N6O3S/c1-12(28-19(31)13-7-14(21)9-16(8-13)33-20(22,23)24)18-26-11-27-30(18)17-4-3-15(10-25-17)29-34(32)5-2-6-34/h3-4,7-12H,2,5-6H2,1H3,(H,28,31)/t12-/m0/s1. The van der Waals surface area contributed by atoms with Crippen molar-refractivity contribution >= 4 is 32.9 Å². The summed E-state index contributed by atoms with van der Waals surface area (Å²) < 4.78 is 59.3. The van der Waals surface area contributed by atoms with Gasteiger partial charge in [0.2, 0.25) is 0 Å². The first-order chi connectivity index (χ1) is 16.0. The number of nitrogens with one attached hydrogen (secondary N) is 1. The quantitative estimate of drug-likeness (QED) is 0.527. The van der Waals surface area contributed by atoms with Crippen LogP contribution < -0.4 is 10.1 Å². The van der Waals surface area contributed by atoms with Crippen molar-refractivity contribution < 1.29 is 26.9 Å². The number of benzene rings is 1. The first kappa shape index (κ1) is 24.0. The molecule has 1 aliphatic heterocycles. The Kier molecular flexibility index (Phi) is 6.49. The number of halogens is 4. The van der Waals surface area contributed by atoms with Crippen LogP contribution in [0.15, 0.2) is 47.2 Å². The van der Waals surface area contributed by atoms with E-state index >= 15 is 0 Å². The van der Waals surface area contributed by atoms with Crippen molar-refractivity contribution in [2.24, 2.45) is 4.36 Å². The van der Waals surface area contributed by atoms with Crippen LogP contribution in [0, 0.1) is 0 Å². The van der Waals surface area contributed by atoms with Gasteiger partial charge in [-0.3, -0.25) is 4.79 Å². The average molecular weight is 515 g/mol. The highest BCUT2D eigenvalue weighted by molar-refractivity contribution is 7.95. The molecular weight excluding hydrogens is 497 g/mol. The lowest BCUT2D eigenvalue weighted by atomic mass is 10.2. The highest BCUT2D eigenvalue weighted by Crippen LogP contribution is 2.27. The first-order valence-corrected chi connectivity index (χ1v) is 12.2. The van der Waals surface area contributed by atoms with Crippen molar-refractivity contribution in [3.05, 3.63) is 59.3 Å². The molecule has 1 amide bonds. The number of hydrogen-bond donors (Lipinski definition) is 1. The van der Waals surface area contributed by atoms with Gasteiger partial charge in [-0.15, -0.1) is 13.2 Å². The summed E-state index contributed by atoms with van der Waals surface area (Å²) in [6, 6.07) is 5.70. The fourth-order valence-corrected chi connectivity index (χ4v) is 4.87. The molecule has 9 nitrogen and oxygen atoms in total. The third kappa shape index (κ3) is 5.65. The Morgan fingerprint density at radius 3 is 2.65 bits per heavy atom. The SMILES string of the molecule is C[C@H](NC(=O)c1cc(Cl)cc(OC(F)(F)F)c1)c1ncnn1-c1ccc(N=S2(=O)CCC2)cn1. The van der Waals surface area contributed by atoms with E-state index in [4.69, 9.17) is 11.6 Å². The van der Waals surface area contributed by atoms with Crippen molar-refractivity contribution in [2.45, 2.75) is 25.7 Å². The van der Waals surface area contributed by atoms with Crippen molar-refractivity contribution in [2.75, 3.05) is 11.5 Å². The topological polar surface area (TPSA) is 111 Å². The molecule has 2 aromatic heterocycles. The molecule has 180 valence electrons. The van der Waals surface area contributed by atoms with E-state index in [2.05, 4.69) is 29.5 Å². The summed E-state index contributed by atoms with van der Waals surface area (Å²) in [6.45, 7) is 1.63. The van der Waals surface area contributed by atoms with Gasteiger partial charge >= 0.3 is 6.36 Å². The fourth-order valence-electron chi connectivity index (χ4n) is 3.19. The molecule has 1 saturated heterocycles. The number of alkyl halides is 3. The van der Waals surface area contributed by atoms with Crippen molar-refractivity contribution in [1.82, 2.24) is 25.1 Å². The van der Waals surface area contributed by atoms with Gasteiger partial charge in [-0.25, -0.2) is 14.2 Å². The molecule has 1 N–H and O–H groups in total. The number of pyridine rings is 1. The minimum absolute atomic E-state index is 0.0963. The molecule has 0 bridgehead atoms. The minimum atomic E-state index is -4.93. The van der Waals surface area contributed by atoms with Gasteiger partial charge in [-0.1, -0.05) is 11.6 Å². The van der Waals surface area contributed by atoms with Crippen LogP contribution in [0.1, 0.15) is 35.6 Å². The van der Waals surface area contributed by atoms with Crippen LogP contribution in [-0.4, -0.2) is 47.7 Å². The van der Waals surface area contributed by atoms with Crippen molar-refractivity contribution in [3.63, 3.8) is 0 Å². The molecular formula is C20H18ClF3N6O3S. The van der Waals surface area contributed by atoms with Crippen molar-refractivity contribution in [3.8, 4) is 11.6 Å². The summed E-state index contributed by atoms with van der Waals surface area (Å²) in [5.74, 6) is 0.566. The van der Waals surface area contributed by atoms with Crippen molar-refractivity contribution in [1.29, 1.82) is 0 Å². The molecule has 1 atom stereocenters. The lowest BCUT2D eigenvalue weighted by Gasteiger charge is -2.17. The van der Waals surface area contributed by atoms with Gasteiger partial charge in [0, 0.05) is 22.1 Å². The molecule has 34 heavy (non-hydrogen) atoms. The van der Waals surface area contributed by atoms with Gasteiger partial charge in [0.15, 0.2) is 11.6 Å². The normalized spacial score (nSPS) is 15.8. The average Bonchev–Trinajstić information content (AvgIpc) is 3.21. The second-order valence-electron chi connectivity index (χ2n) is 7.45. The number of rotatable bonds is 6. The summed E-state index contributed by atoms with van der Waals surface area (Å²) in [7, 11) is -2.16. The van der Waals surface area contributed by atoms with Crippen LogP contribution >= 0.6 is 11.6 Å². The molecule has 4 rings (SSSR count). The van der Waals surface area contributed by atoms with Gasteiger partial charge in [0.25, 0.3) is 5.91 Å². The number of carbonyl (C=O) groups is 1. The number of amides is 1. The Bertz CT molecular complexity index is 1330. The molecule has 0 spiro atoms. The van der Waals surface area contributed by atoms with E-state index in [0.717, 1.165) is 18.6 Å². The zero-order valence-electron chi connectivity index (χ0n) is 17.6. The molecule has 1 fully saturated rings. The summed E-state index contributed by atoms with van der Waals surface area (Å²) in [5.41, 5.74) is 0.369.